The lowest BCUT2D eigenvalue weighted by molar-refractivity contribution is 0.0423. The van der Waals surface area contributed by atoms with Gasteiger partial charge in [-0.15, -0.1) is 0 Å². The molecule has 3 N–H and O–H groups in total. The third-order valence-corrected chi connectivity index (χ3v) is 4.94. The SMILES string of the molecule is CC(N)C(c1ccccc1Br)N1CCCC(C)(O)CC1. The van der Waals surface area contributed by atoms with Crippen molar-refractivity contribution in [3.63, 3.8) is 0 Å². The van der Waals surface area contributed by atoms with Gasteiger partial charge in [0.1, 0.15) is 0 Å². The Labute approximate surface area is 130 Å². The van der Waals surface area contributed by atoms with Gasteiger partial charge in [-0.25, -0.2) is 0 Å². The summed E-state index contributed by atoms with van der Waals surface area (Å²) >= 11 is 3.64. The molecule has 1 saturated heterocycles. The van der Waals surface area contributed by atoms with Gasteiger partial charge in [0.15, 0.2) is 0 Å². The minimum absolute atomic E-state index is 0.0525. The normalized spacial score (nSPS) is 27.9. The van der Waals surface area contributed by atoms with Gasteiger partial charge < -0.3 is 10.8 Å². The van der Waals surface area contributed by atoms with E-state index in [2.05, 4.69) is 46.0 Å². The second kappa shape index (κ2) is 6.56. The highest BCUT2D eigenvalue weighted by atomic mass is 79.9. The van der Waals surface area contributed by atoms with E-state index in [0.717, 1.165) is 36.8 Å². The van der Waals surface area contributed by atoms with Crippen molar-refractivity contribution >= 4 is 15.9 Å². The van der Waals surface area contributed by atoms with Crippen LogP contribution >= 0.6 is 15.9 Å². The number of hydrogen-bond acceptors (Lipinski definition) is 3. The van der Waals surface area contributed by atoms with E-state index >= 15 is 0 Å². The number of nitrogens with zero attached hydrogens (tertiary/aromatic N) is 1. The van der Waals surface area contributed by atoms with E-state index in [-0.39, 0.29) is 12.1 Å². The highest BCUT2D eigenvalue weighted by molar-refractivity contribution is 9.10. The first-order chi connectivity index (χ1) is 9.41. The monoisotopic (exact) mass is 340 g/mol. The quantitative estimate of drug-likeness (QED) is 0.888. The molecule has 0 saturated carbocycles. The Morgan fingerprint density at radius 1 is 1.30 bits per heavy atom. The average molecular weight is 341 g/mol. The predicted octanol–water partition coefficient (Wildman–Crippen LogP) is 3.07. The Balaban J connectivity index is 2.23. The van der Waals surface area contributed by atoms with Crippen molar-refractivity contribution < 1.29 is 5.11 Å². The summed E-state index contributed by atoms with van der Waals surface area (Å²) in [5.74, 6) is 0. The van der Waals surface area contributed by atoms with Gasteiger partial charge in [0, 0.05) is 17.1 Å². The summed E-state index contributed by atoms with van der Waals surface area (Å²) in [6.07, 6.45) is 2.69. The van der Waals surface area contributed by atoms with Gasteiger partial charge in [0.05, 0.1) is 11.6 Å². The molecular formula is C16H25BrN2O. The van der Waals surface area contributed by atoms with Gasteiger partial charge in [0.2, 0.25) is 0 Å². The summed E-state index contributed by atoms with van der Waals surface area (Å²) in [6.45, 7) is 5.88. The first-order valence-corrected chi connectivity index (χ1v) is 8.16. The first-order valence-electron chi connectivity index (χ1n) is 7.37. The molecule has 3 atom stereocenters. The molecular weight excluding hydrogens is 316 g/mol. The first kappa shape index (κ1) is 16.0. The van der Waals surface area contributed by atoms with Crippen LogP contribution in [0.3, 0.4) is 0 Å². The molecule has 2 rings (SSSR count). The Morgan fingerprint density at radius 2 is 2.00 bits per heavy atom. The summed E-state index contributed by atoms with van der Waals surface area (Å²) in [6, 6.07) is 8.54. The number of aliphatic hydroxyl groups is 1. The molecule has 20 heavy (non-hydrogen) atoms. The minimum Gasteiger partial charge on any atom is -0.390 e. The van der Waals surface area contributed by atoms with E-state index in [4.69, 9.17) is 5.73 Å². The van der Waals surface area contributed by atoms with Crippen LogP contribution in [0.25, 0.3) is 0 Å². The molecule has 1 aromatic rings. The van der Waals surface area contributed by atoms with Crippen LogP contribution in [0.5, 0.6) is 0 Å². The van der Waals surface area contributed by atoms with Crippen LogP contribution < -0.4 is 5.73 Å². The number of hydrogen-bond donors (Lipinski definition) is 2. The number of halogens is 1. The van der Waals surface area contributed by atoms with Crippen molar-refractivity contribution in [1.82, 2.24) is 4.90 Å². The Bertz CT molecular complexity index is 448. The zero-order valence-electron chi connectivity index (χ0n) is 12.3. The van der Waals surface area contributed by atoms with E-state index in [1.165, 1.54) is 5.56 Å². The van der Waals surface area contributed by atoms with Crippen LogP contribution in [0, 0.1) is 0 Å². The molecule has 0 spiro atoms. The van der Waals surface area contributed by atoms with E-state index < -0.39 is 5.60 Å². The molecule has 1 fully saturated rings. The number of rotatable bonds is 3. The Hall–Kier alpha value is -0.420. The van der Waals surface area contributed by atoms with Crippen molar-refractivity contribution in [1.29, 1.82) is 0 Å². The molecule has 4 heteroatoms. The summed E-state index contributed by atoms with van der Waals surface area (Å²) < 4.78 is 1.11. The van der Waals surface area contributed by atoms with E-state index in [1.54, 1.807) is 0 Å². The average Bonchev–Trinajstić information content (AvgIpc) is 2.53. The van der Waals surface area contributed by atoms with Crippen LogP contribution in [-0.2, 0) is 0 Å². The van der Waals surface area contributed by atoms with Gasteiger partial charge in [0.25, 0.3) is 0 Å². The summed E-state index contributed by atoms with van der Waals surface area (Å²) in [7, 11) is 0. The molecule has 1 aliphatic rings. The Kier molecular flexibility index (Phi) is 5.24. The second-order valence-electron chi connectivity index (χ2n) is 6.21. The lowest BCUT2D eigenvalue weighted by Gasteiger charge is -2.34. The van der Waals surface area contributed by atoms with Crippen molar-refractivity contribution in [2.75, 3.05) is 13.1 Å². The molecule has 0 amide bonds. The third kappa shape index (κ3) is 3.82. The highest BCUT2D eigenvalue weighted by Crippen LogP contribution is 2.33. The molecule has 1 aromatic carbocycles. The van der Waals surface area contributed by atoms with Gasteiger partial charge in [-0.05, 0) is 51.3 Å². The summed E-state index contributed by atoms with van der Waals surface area (Å²) in [4.78, 5) is 2.42. The van der Waals surface area contributed by atoms with E-state index in [0.29, 0.717) is 0 Å². The van der Waals surface area contributed by atoms with Crippen molar-refractivity contribution in [2.24, 2.45) is 5.73 Å². The maximum absolute atomic E-state index is 10.3. The van der Waals surface area contributed by atoms with Gasteiger partial charge in [-0.3, -0.25) is 4.90 Å². The van der Waals surface area contributed by atoms with Crippen LogP contribution in [-0.4, -0.2) is 34.7 Å². The lowest BCUT2D eigenvalue weighted by Crippen LogP contribution is -2.40. The van der Waals surface area contributed by atoms with Crippen LogP contribution in [0.2, 0.25) is 0 Å². The molecule has 0 bridgehead atoms. The van der Waals surface area contributed by atoms with Crippen LogP contribution in [0.4, 0.5) is 0 Å². The number of benzene rings is 1. The van der Waals surface area contributed by atoms with Crippen molar-refractivity contribution in [3.05, 3.63) is 34.3 Å². The van der Waals surface area contributed by atoms with Crippen LogP contribution in [0.15, 0.2) is 28.7 Å². The fourth-order valence-corrected chi connectivity index (χ4v) is 3.61. The molecule has 0 aromatic heterocycles. The number of likely N-dealkylation sites (tertiary alicyclic amines) is 1. The maximum Gasteiger partial charge on any atom is 0.0632 e. The Morgan fingerprint density at radius 3 is 2.65 bits per heavy atom. The van der Waals surface area contributed by atoms with E-state index in [1.807, 2.05) is 13.0 Å². The molecule has 0 radical (unpaired) electrons. The standard InChI is InChI=1S/C16H25BrN2O/c1-12(18)15(13-6-3-4-7-14(13)17)19-10-5-8-16(2,20)9-11-19/h3-4,6-7,12,15,20H,5,8-11,18H2,1-2H3. The molecule has 1 aliphatic heterocycles. The zero-order valence-corrected chi connectivity index (χ0v) is 13.9. The van der Waals surface area contributed by atoms with Crippen molar-refractivity contribution in [3.8, 4) is 0 Å². The molecule has 0 aliphatic carbocycles. The van der Waals surface area contributed by atoms with Crippen LogP contribution in [0.1, 0.15) is 44.7 Å². The summed E-state index contributed by atoms with van der Waals surface area (Å²) in [5.41, 5.74) is 6.97. The smallest absolute Gasteiger partial charge is 0.0632 e. The van der Waals surface area contributed by atoms with E-state index in [9.17, 15) is 5.11 Å². The second-order valence-corrected chi connectivity index (χ2v) is 7.07. The lowest BCUT2D eigenvalue weighted by atomic mass is 9.97. The van der Waals surface area contributed by atoms with Crippen molar-refractivity contribution in [2.45, 2.75) is 50.8 Å². The van der Waals surface area contributed by atoms with Gasteiger partial charge >= 0.3 is 0 Å². The number of nitrogens with two attached hydrogens (primary N) is 1. The fraction of sp³-hybridized carbons (Fsp3) is 0.625. The molecule has 112 valence electrons. The minimum atomic E-state index is -0.537. The zero-order chi connectivity index (χ0) is 14.8. The van der Waals surface area contributed by atoms with Gasteiger partial charge in [-0.1, -0.05) is 34.1 Å². The van der Waals surface area contributed by atoms with Gasteiger partial charge in [-0.2, -0.15) is 0 Å². The molecule has 1 heterocycles. The predicted molar refractivity (Wildman–Crippen MR) is 86.6 cm³/mol. The third-order valence-electron chi connectivity index (χ3n) is 4.21. The maximum atomic E-state index is 10.3. The summed E-state index contributed by atoms with van der Waals surface area (Å²) in [5, 5.41) is 10.3. The largest absolute Gasteiger partial charge is 0.390 e. The highest BCUT2D eigenvalue weighted by Gasteiger charge is 2.31. The molecule has 3 nitrogen and oxygen atoms in total. The molecule has 3 unspecified atom stereocenters. The fourth-order valence-electron chi connectivity index (χ4n) is 3.09. The topological polar surface area (TPSA) is 49.5 Å².